The number of nitrogens with zero attached hydrogens (tertiary/aromatic N) is 2. The Balaban J connectivity index is 1.52. The van der Waals surface area contributed by atoms with E-state index in [2.05, 4.69) is 28.0 Å². The first-order valence-electron chi connectivity index (χ1n) is 7.61. The summed E-state index contributed by atoms with van der Waals surface area (Å²) in [5.74, 6) is 4.02. The Kier molecular flexibility index (Phi) is 3.57. The zero-order valence-corrected chi connectivity index (χ0v) is 11.4. The molecular weight excluding hydrogens is 222 g/mol. The van der Waals surface area contributed by atoms with Crippen LogP contribution in [0, 0.1) is 17.8 Å². The summed E-state index contributed by atoms with van der Waals surface area (Å²) in [6.07, 6.45) is 12.4. The lowest BCUT2D eigenvalue weighted by atomic mass is 9.89. The van der Waals surface area contributed by atoms with Crippen molar-refractivity contribution in [2.45, 2.75) is 52.0 Å². The highest BCUT2D eigenvalue weighted by Crippen LogP contribution is 2.48. The third kappa shape index (κ3) is 2.40. The molecule has 18 heavy (non-hydrogen) atoms. The van der Waals surface area contributed by atoms with Gasteiger partial charge in [0.2, 0.25) is 5.95 Å². The van der Waals surface area contributed by atoms with E-state index in [0.717, 1.165) is 36.8 Å². The molecule has 0 radical (unpaired) electrons. The van der Waals surface area contributed by atoms with Crippen molar-refractivity contribution in [1.29, 1.82) is 0 Å². The predicted molar refractivity (Wildman–Crippen MR) is 74.6 cm³/mol. The van der Waals surface area contributed by atoms with Crippen molar-refractivity contribution >= 4 is 5.95 Å². The Bertz CT molecular complexity index is 385. The smallest absolute Gasteiger partial charge is 0.202 e. The molecule has 2 saturated carbocycles. The van der Waals surface area contributed by atoms with E-state index in [1.807, 2.05) is 6.20 Å². The molecule has 3 unspecified atom stereocenters. The third-order valence-corrected chi connectivity index (χ3v) is 4.87. The number of hydrogen-bond acceptors (Lipinski definition) is 2. The van der Waals surface area contributed by atoms with Crippen LogP contribution in [0.4, 0.5) is 5.95 Å². The number of aromatic nitrogens is 2. The van der Waals surface area contributed by atoms with Crippen molar-refractivity contribution in [1.82, 2.24) is 9.55 Å². The summed E-state index contributed by atoms with van der Waals surface area (Å²) >= 11 is 0. The first kappa shape index (κ1) is 12.1. The van der Waals surface area contributed by atoms with Gasteiger partial charge in [-0.25, -0.2) is 4.98 Å². The standard InChI is InChI=1S/C15H25N3/c1-2-3-7-18-8-6-16-15(18)17-11-14-10-12-4-5-13(14)9-12/h6,8,12-14H,2-5,7,9-11H2,1H3,(H,16,17). The molecule has 0 spiro atoms. The molecule has 0 amide bonds. The minimum Gasteiger partial charge on any atom is -0.355 e. The second-order valence-electron chi connectivity index (χ2n) is 6.11. The van der Waals surface area contributed by atoms with Gasteiger partial charge >= 0.3 is 0 Å². The third-order valence-electron chi connectivity index (χ3n) is 4.87. The van der Waals surface area contributed by atoms with Gasteiger partial charge in [-0.3, -0.25) is 0 Å². The monoisotopic (exact) mass is 247 g/mol. The van der Waals surface area contributed by atoms with Crippen LogP contribution in [-0.2, 0) is 6.54 Å². The minimum atomic E-state index is 0.903. The van der Waals surface area contributed by atoms with Crippen molar-refractivity contribution in [2.75, 3.05) is 11.9 Å². The van der Waals surface area contributed by atoms with Crippen molar-refractivity contribution in [2.24, 2.45) is 17.8 Å². The number of nitrogens with one attached hydrogen (secondary N) is 1. The fourth-order valence-corrected chi connectivity index (χ4v) is 3.83. The maximum Gasteiger partial charge on any atom is 0.202 e. The zero-order chi connectivity index (χ0) is 12.4. The van der Waals surface area contributed by atoms with E-state index in [-0.39, 0.29) is 0 Å². The first-order chi connectivity index (χ1) is 8.86. The SMILES string of the molecule is CCCCn1ccnc1NCC1CC2CCC1C2. The summed E-state index contributed by atoms with van der Waals surface area (Å²) in [6.45, 7) is 4.46. The molecule has 0 aromatic carbocycles. The summed E-state index contributed by atoms with van der Waals surface area (Å²) in [5, 5.41) is 3.58. The summed E-state index contributed by atoms with van der Waals surface area (Å²) < 4.78 is 2.26. The van der Waals surface area contributed by atoms with Gasteiger partial charge in [0.05, 0.1) is 0 Å². The van der Waals surface area contributed by atoms with Gasteiger partial charge in [-0.2, -0.15) is 0 Å². The molecule has 2 aliphatic rings. The average Bonchev–Trinajstić information content (AvgIpc) is 3.09. The normalized spacial score (nSPS) is 29.9. The second kappa shape index (κ2) is 5.33. The van der Waals surface area contributed by atoms with Crippen molar-refractivity contribution in [3.8, 4) is 0 Å². The van der Waals surface area contributed by atoms with Gasteiger partial charge in [0.25, 0.3) is 0 Å². The highest BCUT2D eigenvalue weighted by Gasteiger charge is 2.39. The largest absolute Gasteiger partial charge is 0.355 e. The van der Waals surface area contributed by atoms with E-state index < -0.39 is 0 Å². The minimum absolute atomic E-state index is 0.903. The zero-order valence-electron chi connectivity index (χ0n) is 11.4. The molecule has 1 heterocycles. The molecule has 3 heteroatoms. The number of hydrogen-bond donors (Lipinski definition) is 1. The van der Waals surface area contributed by atoms with E-state index in [1.54, 1.807) is 0 Å². The highest BCUT2D eigenvalue weighted by molar-refractivity contribution is 5.26. The number of imidazole rings is 1. The maximum absolute atomic E-state index is 4.44. The van der Waals surface area contributed by atoms with Crippen LogP contribution in [-0.4, -0.2) is 16.1 Å². The molecule has 100 valence electrons. The molecule has 3 atom stereocenters. The number of aryl methyl sites for hydroxylation is 1. The number of fused-ring (bicyclic) bond motifs is 2. The highest BCUT2D eigenvalue weighted by atomic mass is 15.2. The fraction of sp³-hybridized carbons (Fsp3) is 0.800. The van der Waals surface area contributed by atoms with Crippen LogP contribution in [0.5, 0.6) is 0 Å². The average molecular weight is 247 g/mol. The van der Waals surface area contributed by atoms with Gasteiger partial charge in [-0.05, 0) is 43.4 Å². The molecule has 1 aromatic rings. The molecule has 3 nitrogen and oxygen atoms in total. The van der Waals surface area contributed by atoms with Gasteiger partial charge in [0.15, 0.2) is 0 Å². The quantitative estimate of drug-likeness (QED) is 0.833. The molecule has 0 saturated heterocycles. The van der Waals surface area contributed by atoms with Gasteiger partial charge < -0.3 is 9.88 Å². The van der Waals surface area contributed by atoms with Crippen LogP contribution in [0.25, 0.3) is 0 Å². The predicted octanol–water partition coefficient (Wildman–Crippen LogP) is 3.53. The van der Waals surface area contributed by atoms with E-state index in [4.69, 9.17) is 0 Å². The van der Waals surface area contributed by atoms with Crippen LogP contribution in [0.2, 0.25) is 0 Å². The van der Waals surface area contributed by atoms with Crippen molar-refractivity contribution in [3.63, 3.8) is 0 Å². The Morgan fingerprint density at radius 2 is 2.33 bits per heavy atom. The van der Waals surface area contributed by atoms with Crippen LogP contribution < -0.4 is 5.32 Å². The maximum atomic E-state index is 4.44. The second-order valence-corrected chi connectivity index (χ2v) is 6.11. The molecule has 2 aliphatic carbocycles. The van der Waals surface area contributed by atoms with Gasteiger partial charge in [-0.1, -0.05) is 19.8 Å². The van der Waals surface area contributed by atoms with E-state index in [0.29, 0.717) is 0 Å². The molecular formula is C15H25N3. The summed E-state index contributed by atoms with van der Waals surface area (Å²) in [5.41, 5.74) is 0. The van der Waals surface area contributed by atoms with E-state index >= 15 is 0 Å². The topological polar surface area (TPSA) is 29.9 Å². The van der Waals surface area contributed by atoms with Crippen molar-refractivity contribution in [3.05, 3.63) is 12.4 Å². The van der Waals surface area contributed by atoms with E-state index in [1.165, 1.54) is 38.5 Å². The van der Waals surface area contributed by atoms with Crippen LogP contribution >= 0.6 is 0 Å². The molecule has 1 N–H and O–H groups in total. The molecule has 0 aliphatic heterocycles. The fourth-order valence-electron chi connectivity index (χ4n) is 3.83. The number of anilines is 1. The molecule has 2 bridgehead atoms. The summed E-state index contributed by atoms with van der Waals surface area (Å²) in [7, 11) is 0. The van der Waals surface area contributed by atoms with E-state index in [9.17, 15) is 0 Å². The van der Waals surface area contributed by atoms with Crippen LogP contribution in [0.3, 0.4) is 0 Å². The molecule has 1 aromatic heterocycles. The Labute approximate surface area is 110 Å². The Hall–Kier alpha value is -0.990. The summed E-state index contributed by atoms with van der Waals surface area (Å²) in [4.78, 5) is 4.44. The lowest BCUT2D eigenvalue weighted by Crippen LogP contribution is -2.21. The lowest BCUT2D eigenvalue weighted by molar-refractivity contribution is 0.347. The lowest BCUT2D eigenvalue weighted by Gasteiger charge is -2.22. The Morgan fingerprint density at radius 3 is 3.06 bits per heavy atom. The van der Waals surface area contributed by atoms with Gasteiger partial charge in [0, 0.05) is 25.5 Å². The first-order valence-corrected chi connectivity index (χ1v) is 7.61. The molecule has 2 fully saturated rings. The van der Waals surface area contributed by atoms with Crippen molar-refractivity contribution < 1.29 is 0 Å². The number of unbranched alkanes of at least 4 members (excludes halogenated alkanes) is 1. The van der Waals surface area contributed by atoms with Gasteiger partial charge in [0.1, 0.15) is 0 Å². The Morgan fingerprint density at radius 1 is 1.39 bits per heavy atom. The molecule has 3 rings (SSSR count). The summed E-state index contributed by atoms with van der Waals surface area (Å²) in [6, 6.07) is 0. The van der Waals surface area contributed by atoms with Gasteiger partial charge in [-0.15, -0.1) is 0 Å². The number of rotatable bonds is 6. The van der Waals surface area contributed by atoms with Crippen LogP contribution in [0.15, 0.2) is 12.4 Å². The van der Waals surface area contributed by atoms with Crippen LogP contribution in [0.1, 0.15) is 45.4 Å².